The zero-order valence-corrected chi connectivity index (χ0v) is 13.9. The summed E-state index contributed by atoms with van der Waals surface area (Å²) in [5.41, 5.74) is 2.93. The van der Waals surface area contributed by atoms with Gasteiger partial charge in [0, 0.05) is 15.1 Å². The molecule has 1 N–H and O–H groups in total. The number of aliphatic hydroxyl groups is 1. The summed E-state index contributed by atoms with van der Waals surface area (Å²) in [5.74, 6) is 0.597. The highest BCUT2D eigenvalue weighted by Crippen LogP contribution is 2.31. The highest BCUT2D eigenvalue weighted by molar-refractivity contribution is 9.10. The van der Waals surface area contributed by atoms with Crippen molar-refractivity contribution in [2.45, 2.75) is 26.4 Å². The third-order valence-electron chi connectivity index (χ3n) is 3.16. The predicted molar refractivity (Wildman–Crippen MR) is 88.2 cm³/mol. The Morgan fingerprint density at radius 1 is 1.15 bits per heavy atom. The molecule has 0 heterocycles. The Morgan fingerprint density at radius 3 is 2.60 bits per heavy atom. The molecule has 20 heavy (non-hydrogen) atoms. The van der Waals surface area contributed by atoms with Gasteiger partial charge < -0.3 is 5.11 Å². The van der Waals surface area contributed by atoms with Crippen LogP contribution < -0.4 is 0 Å². The second-order valence-electron chi connectivity index (χ2n) is 5.41. The molecule has 0 aromatic heterocycles. The van der Waals surface area contributed by atoms with Crippen LogP contribution in [0.2, 0.25) is 5.02 Å². The Kier molecular flexibility index (Phi) is 5.25. The summed E-state index contributed by atoms with van der Waals surface area (Å²) >= 11 is 9.49. The monoisotopic (exact) mass is 352 g/mol. The van der Waals surface area contributed by atoms with Gasteiger partial charge in [0.25, 0.3) is 0 Å². The lowest BCUT2D eigenvalue weighted by molar-refractivity contribution is 0.219. The van der Waals surface area contributed by atoms with Crippen LogP contribution in [0.25, 0.3) is 0 Å². The van der Waals surface area contributed by atoms with Crippen molar-refractivity contribution in [3.8, 4) is 0 Å². The SMILES string of the molecule is CC(C)Cc1cccc(C(O)c2cc(Cl)ccc2Br)c1. The van der Waals surface area contributed by atoms with E-state index in [4.69, 9.17) is 11.6 Å². The fraction of sp³-hybridized carbons (Fsp3) is 0.294. The van der Waals surface area contributed by atoms with Crippen LogP contribution in [0.5, 0.6) is 0 Å². The Morgan fingerprint density at radius 2 is 1.90 bits per heavy atom. The first kappa shape index (κ1) is 15.6. The summed E-state index contributed by atoms with van der Waals surface area (Å²) in [6.45, 7) is 4.38. The van der Waals surface area contributed by atoms with E-state index in [1.165, 1.54) is 5.56 Å². The number of hydrogen-bond donors (Lipinski definition) is 1. The van der Waals surface area contributed by atoms with Crippen LogP contribution in [0.15, 0.2) is 46.9 Å². The molecule has 0 amide bonds. The highest BCUT2D eigenvalue weighted by atomic mass is 79.9. The summed E-state index contributed by atoms with van der Waals surface area (Å²) in [7, 11) is 0. The van der Waals surface area contributed by atoms with E-state index >= 15 is 0 Å². The number of rotatable bonds is 4. The van der Waals surface area contributed by atoms with E-state index in [1.54, 1.807) is 12.1 Å². The Hall–Kier alpha value is -0.830. The second kappa shape index (κ2) is 6.75. The minimum atomic E-state index is -0.671. The maximum absolute atomic E-state index is 10.6. The van der Waals surface area contributed by atoms with E-state index in [1.807, 2.05) is 18.2 Å². The number of aliphatic hydroxyl groups excluding tert-OH is 1. The molecule has 3 heteroatoms. The molecule has 0 radical (unpaired) electrons. The predicted octanol–water partition coefficient (Wildman–Crippen LogP) is 5.38. The maximum Gasteiger partial charge on any atom is 0.105 e. The largest absolute Gasteiger partial charge is 0.384 e. The average molecular weight is 354 g/mol. The Bertz CT molecular complexity index is 595. The lowest BCUT2D eigenvalue weighted by atomic mass is 9.96. The third-order valence-corrected chi connectivity index (χ3v) is 4.12. The number of benzene rings is 2. The molecular formula is C17H18BrClO. The zero-order chi connectivity index (χ0) is 14.7. The van der Waals surface area contributed by atoms with Crippen molar-refractivity contribution >= 4 is 27.5 Å². The van der Waals surface area contributed by atoms with E-state index in [0.29, 0.717) is 10.9 Å². The number of halogens is 2. The van der Waals surface area contributed by atoms with Crippen molar-refractivity contribution in [3.63, 3.8) is 0 Å². The van der Waals surface area contributed by atoms with Crippen molar-refractivity contribution in [2.24, 2.45) is 5.92 Å². The highest BCUT2D eigenvalue weighted by Gasteiger charge is 2.14. The van der Waals surface area contributed by atoms with Gasteiger partial charge in [-0.25, -0.2) is 0 Å². The van der Waals surface area contributed by atoms with Gasteiger partial charge in [0.15, 0.2) is 0 Å². The standard InChI is InChI=1S/C17H18BrClO/c1-11(2)8-12-4-3-5-13(9-12)17(20)15-10-14(19)6-7-16(15)18/h3-7,9-11,17,20H,8H2,1-2H3. The molecule has 1 atom stereocenters. The molecule has 0 spiro atoms. The van der Waals surface area contributed by atoms with Gasteiger partial charge >= 0.3 is 0 Å². The van der Waals surface area contributed by atoms with Crippen LogP contribution >= 0.6 is 27.5 Å². The summed E-state index contributed by atoms with van der Waals surface area (Å²) in [6.07, 6.45) is 0.340. The van der Waals surface area contributed by atoms with Crippen molar-refractivity contribution < 1.29 is 5.11 Å². The molecule has 2 aromatic rings. The van der Waals surface area contributed by atoms with Crippen molar-refractivity contribution in [2.75, 3.05) is 0 Å². The molecule has 1 nitrogen and oxygen atoms in total. The smallest absolute Gasteiger partial charge is 0.105 e. The van der Waals surface area contributed by atoms with Crippen LogP contribution in [0.4, 0.5) is 0 Å². The zero-order valence-electron chi connectivity index (χ0n) is 11.6. The number of hydrogen-bond acceptors (Lipinski definition) is 1. The van der Waals surface area contributed by atoms with E-state index in [2.05, 4.69) is 41.9 Å². The molecule has 0 saturated carbocycles. The molecule has 0 bridgehead atoms. The van der Waals surface area contributed by atoms with Crippen LogP contribution in [-0.2, 0) is 6.42 Å². The molecule has 2 rings (SSSR count). The summed E-state index contributed by atoms with van der Waals surface area (Å²) < 4.78 is 0.865. The van der Waals surface area contributed by atoms with Gasteiger partial charge in [-0.15, -0.1) is 0 Å². The molecule has 0 aliphatic carbocycles. The van der Waals surface area contributed by atoms with E-state index in [0.717, 1.165) is 22.0 Å². The van der Waals surface area contributed by atoms with Gasteiger partial charge in [0.05, 0.1) is 0 Å². The molecular weight excluding hydrogens is 336 g/mol. The van der Waals surface area contributed by atoms with Crippen LogP contribution in [0.1, 0.15) is 36.6 Å². The van der Waals surface area contributed by atoms with E-state index in [9.17, 15) is 5.11 Å². The topological polar surface area (TPSA) is 20.2 Å². The lowest BCUT2D eigenvalue weighted by Crippen LogP contribution is -2.02. The minimum Gasteiger partial charge on any atom is -0.384 e. The van der Waals surface area contributed by atoms with Crippen molar-refractivity contribution in [3.05, 3.63) is 68.7 Å². The molecule has 0 fully saturated rings. The molecule has 0 aliphatic rings. The van der Waals surface area contributed by atoms with Crippen LogP contribution in [0.3, 0.4) is 0 Å². The van der Waals surface area contributed by atoms with E-state index < -0.39 is 6.10 Å². The summed E-state index contributed by atoms with van der Waals surface area (Å²) in [5, 5.41) is 11.2. The van der Waals surface area contributed by atoms with Gasteiger partial charge in [-0.05, 0) is 41.7 Å². The fourth-order valence-electron chi connectivity index (χ4n) is 2.27. The molecule has 106 valence electrons. The molecule has 2 aromatic carbocycles. The second-order valence-corrected chi connectivity index (χ2v) is 6.70. The first-order chi connectivity index (χ1) is 9.47. The first-order valence-electron chi connectivity index (χ1n) is 6.69. The van der Waals surface area contributed by atoms with Crippen molar-refractivity contribution in [1.29, 1.82) is 0 Å². The van der Waals surface area contributed by atoms with Gasteiger partial charge in [-0.3, -0.25) is 0 Å². The minimum absolute atomic E-state index is 0.597. The maximum atomic E-state index is 10.6. The van der Waals surface area contributed by atoms with Gasteiger partial charge in [-0.1, -0.05) is 65.6 Å². The fourth-order valence-corrected chi connectivity index (χ4v) is 2.91. The molecule has 0 saturated heterocycles. The van der Waals surface area contributed by atoms with Crippen molar-refractivity contribution in [1.82, 2.24) is 0 Å². The van der Waals surface area contributed by atoms with Gasteiger partial charge in [0.2, 0.25) is 0 Å². The van der Waals surface area contributed by atoms with E-state index in [-0.39, 0.29) is 0 Å². The third kappa shape index (κ3) is 3.85. The van der Waals surface area contributed by atoms with Gasteiger partial charge in [-0.2, -0.15) is 0 Å². The average Bonchev–Trinajstić information content (AvgIpc) is 2.40. The molecule has 0 aliphatic heterocycles. The summed E-state index contributed by atoms with van der Waals surface area (Å²) in [4.78, 5) is 0. The van der Waals surface area contributed by atoms with Crippen LogP contribution in [-0.4, -0.2) is 5.11 Å². The van der Waals surface area contributed by atoms with Gasteiger partial charge in [0.1, 0.15) is 6.10 Å². The lowest BCUT2D eigenvalue weighted by Gasteiger charge is -2.15. The molecule has 1 unspecified atom stereocenters. The van der Waals surface area contributed by atoms with Crippen LogP contribution in [0, 0.1) is 5.92 Å². The normalized spacial score (nSPS) is 12.7. The Labute approximate surface area is 133 Å². The first-order valence-corrected chi connectivity index (χ1v) is 7.86. The Balaban J connectivity index is 2.33. The summed E-state index contributed by atoms with van der Waals surface area (Å²) in [6, 6.07) is 13.6. The quantitative estimate of drug-likeness (QED) is 0.782.